The quantitative estimate of drug-likeness (QED) is 0.717. The van der Waals surface area contributed by atoms with Crippen molar-refractivity contribution in [1.29, 1.82) is 0 Å². The minimum Gasteiger partial charge on any atom is -0.482 e. The van der Waals surface area contributed by atoms with E-state index in [1.54, 1.807) is 0 Å². The second kappa shape index (κ2) is 7.75. The molecule has 1 saturated heterocycles. The molecular weight excluding hydrogens is 374 g/mol. The first-order valence-corrected chi connectivity index (χ1v) is 11.7. The zero-order valence-electron chi connectivity index (χ0n) is 18.3. The smallest absolute Gasteiger partial charge is 0.222 e. The van der Waals surface area contributed by atoms with Gasteiger partial charge in [-0.1, -0.05) is 38.8 Å². The van der Waals surface area contributed by atoms with Crippen LogP contribution >= 0.6 is 0 Å². The van der Waals surface area contributed by atoms with Gasteiger partial charge in [0.05, 0.1) is 0 Å². The fourth-order valence-electron chi connectivity index (χ4n) is 5.52. The predicted molar refractivity (Wildman–Crippen MR) is 117 cm³/mol. The summed E-state index contributed by atoms with van der Waals surface area (Å²) in [5.74, 6) is 2.40. The molecule has 1 aromatic heterocycles. The van der Waals surface area contributed by atoms with E-state index in [2.05, 4.69) is 47.8 Å². The Morgan fingerprint density at radius 1 is 1.20 bits per heavy atom. The van der Waals surface area contributed by atoms with Crippen LogP contribution in [-0.4, -0.2) is 33.7 Å². The van der Waals surface area contributed by atoms with Gasteiger partial charge >= 0.3 is 0 Å². The summed E-state index contributed by atoms with van der Waals surface area (Å²) in [6.07, 6.45) is 9.62. The lowest BCUT2D eigenvalue weighted by Gasteiger charge is -2.44. The number of piperidine rings is 1. The van der Waals surface area contributed by atoms with Crippen molar-refractivity contribution in [2.45, 2.75) is 70.9 Å². The van der Waals surface area contributed by atoms with E-state index in [0.29, 0.717) is 17.7 Å². The highest BCUT2D eigenvalue weighted by atomic mass is 16.5. The van der Waals surface area contributed by atoms with Crippen LogP contribution in [0.3, 0.4) is 0 Å². The van der Waals surface area contributed by atoms with Crippen molar-refractivity contribution < 1.29 is 9.53 Å². The summed E-state index contributed by atoms with van der Waals surface area (Å²) in [7, 11) is 0. The summed E-state index contributed by atoms with van der Waals surface area (Å²) >= 11 is 0. The molecule has 0 radical (unpaired) electrons. The Kier molecular flexibility index (Phi) is 5.08. The van der Waals surface area contributed by atoms with Crippen molar-refractivity contribution >= 4 is 5.91 Å². The van der Waals surface area contributed by atoms with Gasteiger partial charge in [-0.05, 0) is 36.8 Å². The van der Waals surface area contributed by atoms with Crippen molar-refractivity contribution in [3.05, 3.63) is 36.0 Å². The van der Waals surface area contributed by atoms with Crippen LogP contribution in [0, 0.1) is 11.8 Å². The number of likely N-dealkylation sites (tertiary alicyclic amines) is 1. The highest BCUT2D eigenvalue weighted by Crippen LogP contribution is 2.49. The SMILES string of the molecule is CC(C)Cn1cc2c(n1)-c1ccccc1OC21CCN(C(=O)CC2CCCC2)CC1. The van der Waals surface area contributed by atoms with Crippen molar-refractivity contribution in [2.75, 3.05) is 13.1 Å². The maximum absolute atomic E-state index is 12.9. The predicted octanol–water partition coefficient (Wildman–Crippen LogP) is 5.00. The molecule has 1 aliphatic carbocycles. The monoisotopic (exact) mass is 407 g/mol. The van der Waals surface area contributed by atoms with Gasteiger partial charge in [-0.15, -0.1) is 0 Å². The number of rotatable bonds is 4. The van der Waals surface area contributed by atoms with E-state index in [1.165, 1.54) is 31.2 Å². The molecule has 1 aromatic carbocycles. The third-order valence-corrected chi connectivity index (χ3v) is 7.11. The molecule has 2 fully saturated rings. The van der Waals surface area contributed by atoms with Crippen LogP contribution in [0.1, 0.15) is 64.4 Å². The summed E-state index contributed by atoms with van der Waals surface area (Å²) in [5.41, 5.74) is 2.97. The van der Waals surface area contributed by atoms with E-state index in [4.69, 9.17) is 9.84 Å². The fraction of sp³-hybridized carbons (Fsp3) is 0.600. The number of hydrogen-bond acceptors (Lipinski definition) is 3. The van der Waals surface area contributed by atoms with E-state index in [1.807, 2.05) is 6.07 Å². The number of hydrogen-bond donors (Lipinski definition) is 0. The van der Waals surface area contributed by atoms with Gasteiger partial charge in [-0.25, -0.2) is 0 Å². The molecule has 1 spiro atoms. The average molecular weight is 408 g/mol. The van der Waals surface area contributed by atoms with Gasteiger partial charge in [0.15, 0.2) is 0 Å². The van der Waals surface area contributed by atoms with Crippen LogP contribution in [-0.2, 0) is 16.9 Å². The largest absolute Gasteiger partial charge is 0.482 e. The fourth-order valence-corrected chi connectivity index (χ4v) is 5.52. The molecule has 5 rings (SSSR count). The van der Waals surface area contributed by atoms with E-state index < -0.39 is 0 Å². The first-order valence-electron chi connectivity index (χ1n) is 11.7. The van der Waals surface area contributed by atoms with Crippen molar-refractivity contribution in [2.24, 2.45) is 11.8 Å². The van der Waals surface area contributed by atoms with E-state index in [9.17, 15) is 4.79 Å². The topological polar surface area (TPSA) is 47.4 Å². The molecule has 2 aromatic rings. The second-order valence-corrected chi connectivity index (χ2v) is 9.84. The molecule has 0 N–H and O–H groups in total. The number of carbonyl (C=O) groups is 1. The summed E-state index contributed by atoms with van der Waals surface area (Å²) in [6.45, 7) is 6.87. The summed E-state index contributed by atoms with van der Waals surface area (Å²) in [4.78, 5) is 14.9. The number of aromatic nitrogens is 2. The van der Waals surface area contributed by atoms with Crippen LogP contribution in [0.4, 0.5) is 0 Å². The van der Waals surface area contributed by atoms with Crippen LogP contribution in [0.5, 0.6) is 5.75 Å². The molecule has 5 heteroatoms. The number of ether oxygens (including phenoxy) is 1. The number of amides is 1. The Bertz CT molecular complexity index is 918. The molecule has 1 saturated carbocycles. The molecule has 0 atom stereocenters. The average Bonchev–Trinajstić information content (AvgIpc) is 3.38. The van der Waals surface area contributed by atoms with E-state index >= 15 is 0 Å². The molecule has 1 amide bonds. The van der Waals surface area contributed by atoms with Crippen molar-refractivity contribution in [3.63, 3.8) is 0 Å². The third kappa shape index (κ3) is 3.52. The van der Waals surface area contributed by atoms with E-state index in [-0.39, 0.29) is 5.60 Å². The van der Waals surface area contributed by atoms with Crippen LogP contribution in [0.2, 0.25) is 0 Å². The minimum absolute atomic E-state index is 0.337. The van der Waals surface area contributed by atoms with Crippen LogP contribution in [0.25, 0.3) is 11.3 Å². The number of para-hydroxylation sites is 1. The molecule has 2 aliphatic heterocycles. The molecule has 5 nitrogen and oxygen atoms in total. The van der Waals surface area contributed by atoms with Gasteiger partial charge in [0, 0.05) is 56.2 Å². The minimum atomic E-state index is -0.372. The highest BCUT2D eigenvalue weighted by molar-refractivity contribution is 5.77. The Balaban J connectivity index is 1.38. The molecule has 3 aliphatic rings. The number of fused-ring (bicyclic) bond motifs is 4. The standard InChI is InChI=1S/C25H33N3O2/c1-18(2)16-28-17-21-24(26-28)20-9-5-6-10-22(20)30-25(21)11-13-27(14-12-25)23(29)15-19-7-3-4-8-19/h5-6,9-10,17-19H,3-4,7-8,11-16H2,1-2H3. The van der Waals surface area contributed by atoms with E-state index in [0.717, 1.165) is 55.9 Å². The maximum atomic E-state index is 12.9. The van der Waals surface area contributed by atoms with Crippen LogP contribution in [0.15, 0.2) is 30.5 Å². The maximum Gasteiger partial charge on any atom is 0.222 e. The number of nitrogens with zero attached hydrogens (tertiary/aromatic N) is 3. The van der Waals surface area contributed by atoms with Crippen LogP contribution < -0.4 is 4.74 Å². The lowest BCUT2D eigenvalue weighted by atomic mass is 9.81. The molecule has 160 valence electrons. The lowest BCUT2D eigenvalue weighted by molar-refractivity contribution is -0.136. The molecule has 0 unspecified atom stereocenters. The summed E-state index contributed by atoms with van der Waals surface area (Å²) in [5, 5.41) is 4.96. The van der Waals surface area contributed by atoms with Gasteiger partial charge < -0.3 is 9.64 Å². The normalized spacial score (nSPS) is 20.3. The molecule has 0 bridgehead atoms. The molecular formula is C25H33N3O2. The Labute approximate surface area is 179 Å². The van der Waals surface area contributed by atoms with Gasteiger partial charge in [0.2, 0.25) is 5.91 Å². The van der Waals surface area contributed by atoms with Crippen molar-refractivity contribution in [3.8, 4) is 17.0 Å². The second-order valence-electron chi connectivity index (χ2n) is 9.84. The van der Waals surface area contributed by atoms with Gasteiger partial charge in [-0.2, -0.15) is 5.10 Å². The zero-order valence-corrected chi connectivity index (χ0v) is 18.3. The summed E-state index contributed by atoms with van der Waals surface area (Å²) in [6, 6.07) is 8.24. The first-order chi connectivity index (χ1) is 14.5. The van der Waals surface area contributed by atoms with Gasteiger partial charge in [0.25, 0.3) is 0 Å². The van der Waals surface area contributed by atoms with Crippen molar-refractivity contribution in [1.82, 2.24) is 14.7 Å². The third-order valence-electron chi connectivity index (χ3n) is 7.11. The lowest BCUT2D eigenvalue weighted by Crippen LogP contribution is -2.49. The molecule has 3 heterocycles. The summed E-state index contributed by atoms with van der Waals surface area (Å²) < 4.78 is 8.76. The first kappa shape index (κ1) is 19.7. The number of benzene rings is 1. The Morgan fingerprint density at radius 2 is 1.93 bits per heavy atom. The van der Waals surface area contributed by atoms with Gasteiger partial charge in [-0.3, -0.25) is 9.48 Å². The molecule has 30 heavy (non-hydrogen) atoms. The Hall–Kier alpha value is -2.30. The number of carbonyl (C=O) groups excluding carboxylic acids is 1. The highest BCUT2D eigenvalue weighted by Gasteiger charge is 2.46. The Morgan fingerprint density at radius 3 is 2.67 bits per heavy atom. The zero-order chi connectivity index (χ0) is 20.7. The van der Waals surface area contributed by atoms with Gasteiger partial charge in [0.1, 0.15) is 17.0 Å².